The Balaban J connectivity index is 1.90. The molecule has 1 heterocycles. The van der Waals surface area contributed by atoms with Crippen LogP contribution in [0, 0.1) is 0 Å². The molecule has 95 valence electrons. The fraction of sp³-hybridized carbons (Fsp3) is 0.385. The number of nitrogens with zero attached hydrogens (tertiary/aromatic N) is 1. The predicted molar refractivity (Wildman–Crippen MR) is 62.0 cm³/mol. The van der Waals surface area contributed by atoms with E-state index in [2.05, 4.69) is 0 Å². The number of carbonyl (C=O) groups is 2. The number of rotatable bonds is 3. The van der Waals surface area contributed by atoms with E-state index in [4.69, 9.17) is 4.74 Å². The van der Waals surface area contributed by atoms with Gasteiger partial charge < -0.3 is 4.74 Å². The van der Waals surface area contributed by atoms with Gasteiger partial charge >= 0.3 is 12.1 Å². The van der Waals surface area contributed by atoms with Gasteiger partial charge in [0.25, 0.3) is 0 Å². The summed E-state index contributed by atoms with van der Waals surface area (Å²) < 4.78 is 5.09. The molecule has 1 atom stereocenters. The van der Waals surface area contributed by atoms with Gasteiger partial charge in [0.1, 0.15) is 12.6 Å². The maximum Gasteiger partial charge on any atom is 0.410 e. The molecular weight excluding hydrogens is 234 g/mol. The zero-order chi connectivity index (χ0) is 13.0. The maximum atomic E-state index is 11.7. The molecular formula is C13H14NO4. The van der Waals surface area contributed by atoms with Crippen molar-refractivity contribution in [1.82, 2.24) is 4.90 Å². The van der Waals surface area contributed by atoms with Gasteiger partial charge in [0.15, 0.2) is 0 Å². The van der Waals surface area contributed by atoms with Crippen LogP contribution in [0.15, 0.2) is 30.3 Å². The first kappa shape index (κ1) is 12.4. The monoisotopic (exact) mass is 248 g/mol. The van der Waals surface area contributed by atoms with Crippen molar-refractivity contribution in [3.05, 3.63) is 35.9 Å². The molecule has 0 aliphatic carbocycles. The van der Waals surface area contributed by atoms with Crippen LogP contribution in [-0.4, -0.2) is 29.5 Å². The molecule has 1 aliphatic heterocycles. The van der Waals surface area contributed by atoms with Crippen LogP contribution in [0.4, 0.5) is 4.79 Å². The highest BCUT2D eigenvalue weighted by atomic mass is 16.6. The lowest BCUT2D eigenvalue weighted by molar-refractivity contribution is -0.148. The number of carbonyl (C=O) groups excluding carboxylic acids is 2. The number of hydrogen-bond acceptors (Lipinski definition) is 3. The Morgan fingerprint density at radius 1 is 1.28 bits per heavy atom. The lowest BCUT2D eigenvalue weighted by Gasteiger charge is -2.19. The van der Waals surface area contributed by atoms with Gasteiger partial charge in [-0.25, -0.2) is 14.7 Å². The zero-order valence-electron chi connectivity index (χ0n) is 9.87. The topological polar surface area (TPSA) is 66.5 Å². The molecule has 1 amide bonds. The summed E-state index contributed by atoms with van der Waals surface area (Å²) in [5.74, 6) is -1.22. The van der Waals surface area contributed by atoms with Gasteiger partial charge in [-0.3, -0.25) is 4.90 Å². The summed E-state index contributed by atoms with van der Waals surface area (Å²) in [5.41, 5.74) is 0.870. The molecule has 18 heavy (non-hydrogen) atoms. The molecule has 1 aromatic carbocycles. The third-order valence-electron chi connectivity index (χ3n) is 2.96. The van der Waals surface area contributed by atoms with Crippen LogP contribution in [0.5, 0.6) is 0 Å². The molecule has 0 saturated carbocycles. The Hall–Kier alpha value is -2.04. The van der Waals surface area contributed by atoms with Gasteiger partial charge in [0.2, 0.25) is 0 Å². The van der Waals surface area contributed by atoms with Crippen molar-refractivity contribution < 1.29 is 19.4 Å². The minimum Gasteiger partial charge on any atom is -0.445 e. The fourth-order valence-electron chi connectivity index (χ4n) is 2.03. The average molecular weight is 248 g/mol. The van der Waals surface area contributed by atoms with E-state index in [0.717, 1.165) is 5.56 Å². The molecule has 5 heteroatoms. The average Bonchev–Trinajstić information content (AvgIpc) is 2.86. The maximum absolute atomic E-state index is 11.7. The molecule has 1 radical (unpaired) electrons. The van der Waals surface area contributed by atoms with Crippen LogP contribution in [0.25, 0.3) is 0 Å². The van der Waals surface area contributed by atoms with Gasteiger partial charge in [-0.1, -0.05) is 30.3 Å². The predicted octanol–water partition coefficient (Wildman–Crippen LogP) is 1.74. The second-order valence-corrected chi connectivity index (χ2v) is 4.21. The van der Waals surface area contributed by atoms with E-state index in [1.165, 1.54) is 4.90 Å². The third-order valence-corrected chi connectivity index (χ3v) is 2.96. The van der Waals surface area contributed by atoms with Crippen LogP contribution in [-0.2, 0) is 21.2 Å². The van der Waals surface area contributed by atoms with Gasteiger partial charge in [-0.15, -0.1) is 0 Å². The van der Waals surface area contributed by atoms with Gasteiger partial charge in [-0.2, -0.15) is 0 Å². The van der Waals surface area contributed by atoms with Crippen LogP contribution < -0.4 is 0 Å². The molecule has 0 aromatic heterocycles. The molecule has 0 bridgehead atoms. The first-order valence-corrected chi connectivity index (χ1v) is 5.86. The standard InChI is InChI=1S/C13H14NO4/c15-12(16)11-7-4-8-14(11)13(17)18-9-10-5-2-1-3-6-10/h1-3,5-6,11H,4,7-9H2. The largest absolute Gasteiger partial charge is 0.445 e. The number of ether oxygens (including phenoxy) is 1. The summed E-state index contributed by atoms with van der Waals surface area (Å²) in [6.45, 7) is 0.558. The zero-order valence-corrected chi connectivity index (χ0v) is 9.87. The van der Waals surface area contributed by atoms with Crippen molar-refractivity contribution in [2.75, 3.05) is 6.54 Å². The van der Waals surface area contributed by atoms with E-state index < -0.39 is 18.1 Å². The Kier molecular flexibility index (Phi) is 3.82. The Morgan fingerprint density at radius 3 is 2.67 bits per heavy atom. The number of hydrogen-bond donors (Lipinski definition) is 0. The van der Waals surface area contributed by atoms with Crippen molar-refractivity contribution in [3.8, 4) is 0 Å². The second kappa shape index (κ2) is 5.53. The Morgan fingerprint density at radius 2 is 2.00 bits per heavy atom. The molecule has 1 saturated heterocycles. The summed E-state index contributed by atoms with van der Waals surface area (Å²) in [5, 5.41) is 10.8. The molecule has 2 rings (SSSR count). The quantitative estimate of drug-likeness (QED) is 0.818. The van der Waals surface area contributed by atoms with Crippen molar-refractivity contribution in [1.29, 1.82) is 0 Å². The SMILES string of the molecule is [O]C(=O)C1CCCN1C(=O)OCc1ccccc1. The number of likely N-dealkylation sites (tertiary alicyclic amines) is 1. The third kappa shape index (κ3) is 2.80. The van der Waals surface area contributed by atoms with Crippen LogP contribution in [0.3, 0.4) is 0 Å². The summed E-state index contributed by atoms with van der Waals surface area (Å²) in [7, 11) is 0. The molecule has 1 fully saturated rings. The fourth-order valence-corrected chi connectivity index (χ4v) is 2.03. The van der Waals surface area contributed by atoms with Gasteiger partial charge in [0.05, 0.1) is 0 Å². The molecule has 0 spiro atoms. The first-order chi connectivity index (χ1) is 8.68. The first-order valence-electron chi connectivity index (χ1n) is 5.86. The number of amides is 1. The van der Waals surface area contributed by atoms with Crippen LogP contribution in [0.2, 0.25) is 0 Å². The van der Waals surface area contributed by atoms with E-state index in [0.29, 0.717) is 19.4 Å². The lowest BCUT2D eigenvalue weighted by atomic mass is 10.2. The second-order valence-electron chi connectivity index (χ2n) is 4.21. The molecule has 1 aliphatic rings. The molecule has 1 aromatic rings. The van der Waals surface area contributed by atoms with Crippen molar-refractivity contribution in [2.24, 2.45) is 0 Å². The summed E-state index contributed by atoms with van der Waals surface area (Å²) >= 11 is 0. The van der Waals surface area contributed by atoms with E-state index in [1.54, 1.807) is 0 Å². The van der Waals surface area contributed by atoms with Gasteiger partial charge in [0, 0.05) is 6.54 Å². The summed E-state index contributed by atoms with van der Waals surface area (Å²) in [6, 6.07) is 8.40. The van der Waals surface area contributed by atoms with E-state index in [9.17, 15) is 14.7 Å². The summed E-state index contributed by atoms with van der Waals surface area (Å²) in [4.78, 5) is 23.8. The van der Waals surface area contributed by atoms with Crippen LogP contribution in [0.1, 0.15) is 18.4 Å². The van der Waals surface area contributed by atoms with Crippen molar-refractivity contribution >= 4 is 12.1 Å². The van der Waals surface area contributed by atoms with Crippen LogP contribution >= 0.6 is 0 Å². The van der Waals surface area contributed by atoms with Crippen molar-refractivity contribution in [2.45, 2.75) is 25.5 Å². The minimum atomic E-state index is -1.22. The lowest BCUT2D eigenvalue weighted by Crippen LogP contribution is -2.40. The van der Waals surface area contributed by atoms with E-state index in [1.807, 2.05) is 30.3 Å². The van der Waals surface area contributed by atoms with Gasteiger partial charge in [-0.05, 0) is 18.4 Å². The highest BCUT2D eigenvalue weighted by molar-refractivity contribution is 5.80. The molecule has 1 unspecified atom stereocenters. The molecule has 5 nitrogen and oxygen atoms in total. The highest BCUT2D eigenvalue weighted by Crippen LogP contribution is 2.19. The molecule has 0 N–H and O–H groups in total. The minimum absolute atomic E-state index is 0.149. The normalized spacial score (nSPS) is 18.7. The summed E-state index contributed by atoms with van der Waals surface area (Å²) in [6.07, 6.45) is 0.507. The Labute approximate surface area is 105 Å². The van der Waals surface area contributed by atoms with E-state index >= 15 is 0 Å². The smallest absolute Gasteiger partial charge is 0.410 e. The Bertz CT molecular complexity index is 432. The number of benzene rings is 1. The highest BCUT2D eigenvalue weighted by Gasteiger charge is 2.36. The van der Waals surface area contributed by atoms with E-state index in [-0.39, 0.29) is 6.61 Å². The van der Waals surface area contributed by atoms with Crippen molar-refractivity contribution in [3.63, 3.8) is 0 Å².